The lowest BCUT2D eigenvalue weighted by Gasteiger charge is -2.17. The van der Waals surface area contributed by atoms with Gasteiger partial charge in [-0.15, -0.1) is 0 Å². The highest BCUT2D eigenvalue weighted by molar-refractivity contribution is 6.30. The molecule has 0 unspecified atom stereocenters. The molecule has 2 heterocycles. The largest absolute Gasteiger partial charge is 0.351 e. The standard InChI is InChI=1S/C17H19ClN4O2/c1-12-19-7-9-21(12)8-6-16(23)20-14-10-17(24)22(11-14)15-4-2-13(18)3-5-15/h2-5,7,9,14H,6,8,10-11H2,1H3,(H,20,23)/t14-/m0/s1. The quantitative estimate of drug-likeness (QED) is 0.902. The fraction of sp³-hybridized carbons (Fsp3) is 0.353. The molecule has 6 nitrogen and oxygen atoms in total. The molecule has 2 amide bonds. The lowest BCUT2D eigenvalue weighted by Crippen LogP contribution is -2.37. The van der Waals surface area contributed by atoms with Crippen molar-refractivity contribution < 1.29 is 9.59 Å². The highest BCUT2D eigenvalue weighted by Crippen LogP contribution is 2.23. The van der Waals surface area contributed by atoms with Crippen molar-refractivity contribution in [3.63, 3.8) is 0 Å². The summed E-state index contributed by atoms with van der Waals surface area (Å²) in [5, 5.41) is 3.57. The highest BCUT2D eigenvalue weighted by Gasteiger charge is 2.31. The zero-order chi connectivity index (χ0) is 17.1. The number of anilines is 1. The van der Waals surface area contributed by atoms with Gasteiger partial charge in [0.05, 0.1) is 6.04 Å². The van der Waals surface area contributed by atoms with Crippen molar-refractivity contribution in [2.24, 2.45) is 0 Å². The number of hydrogen-bond donors (Lipinski definition) is 1. The summed E-state index contributed by atoms with van der Waals surface area (Å²) >= 11 is 5.87. The predicted molar refractivity (Wildman–Crippen MR) is 91.9 cm³/mol. The van der Waals surface area contributed by atoms with Gasteiger partial charge < -0.3 is 14.8 Å². The normalized spacial score (nSPS) is 17.3. The molecule has 0 bridgehead atoms. The Morgan fingerprint density at radius 1 is 1.38 bits per heavy atom. The SMILES string of the molecule is Cc1nccn1CCC(=O)N[C@H]1CC(=O)N(c2ccc(Cl)cc2)C1. The van der Waals surface area contributed by atoms with E-state index < -0.39 is 0 Å². The third kappa shape index (κ3) is 3.76. The maximum atomic E-state index is 12.2. The zero-order valence-electron chi connectivity index (χ0n) is 13.4. The van der Waals surface area contributed by atoms with Crippen LogP contribution < -0.4 is 10.2 Å². The van der Waals surface area contributed by atoms with Crippen molar-refractivity contribution in [2.45, 2.75) is 32.4 Å². The molecule has 1 aromatic carbocycles. The van der Waals surface area contributed by atoms with E-state index in [1.807, 2.05) is 29.8 Å². The first-order valence-electron chi connectivity index (χ1n) is 7.86. The molecule has 1 fully saturated rings. The number of carbonyl (C=O) groups is 2. The Kier molecular flexibility index (Phi) is 4.85. The van der Waals surface area contributed by atoms with E-state index in [1.54, 1.807) is 23.2 Å². The van der Waals surface area contributed by atoms with Crippen molar-refractivity contribution in [1.82, 2.24) is 14.9 Å². The molecule has 24 heavy (non-hydrogen) atoms. The molecule has 1 aliphatic rings. The van der Waals surface area contributed by atoms with Crippen molar-refractivity contribution in [2.75, 3.05) is 11.4 Å². The van der Waals surface area contributed by atoms with E-state index in [0.29, 0.717) is 31.0 Å². The number of amides is 2. The van der Waals surface area contributed by atoms with Gasteiger partial charge in [0, 0.05) is 49.0 Å². The number of nitrogens with zero attached hydrogens (tertiary/aromatic N) is 3. The van der Waals surface area contributed by atoms with E-state index in [4.69, 9.17) is 11.6 Å². The minimum absolute atomic E-state index is 0.00748. The summed E-state index contributed by atoms with van der Waals surface area (Å²) in [5.41, 5.74) is 0.801. The number of aryl methyl sites for hydroxylation is 2. The van der Waals surface area contributed by atoms with Crippen LogP contribution in [0.15, 0.2) is 36.7 Å². The van der Waals surface area contributed by atoms with E-state index >= 15 is 0 Å². The van der Waals surface area contributed by atoms with E-state index in [9.17, 15) is 9.59 Å². The zero-order valence-corrected chi connectivity index (χ0v) is 14.2. The van der Waals surface area contributed by atoms with E-state index in [1.165, 1.54) is 0 Å². The lowest BCUT2D eigenvalue weighted by molar-refractivity contribution is -0.122. The van der Waals surface area contributed by atoms with Crippen LogP contribution in [0.1, 0.15) is 18.7 Å². The number of halogens is 1. The first kappa shape index (κ1) is 16.5. The van der Waals surface area contributed by atoms with Gasteiger partial charge in [0.1, 0.15) is 5.82 Å². The second-order valence-corrected chi connectivity index (χ2v) is 6.30. The van der Waals surface area contributed by atoms with Crippen molar-refractivity contribution in [1.29, 1.82) is 0 Å². The van der Waals surface area contributed by atoms with Crippen LogP contribution in [0.25, 0.3) is 0 Å². The molecule has 1 atom stereocenters. The second kappa shape index (κ2) is 7.05. The first-order valence-corrected chi connectivity index (χ1v) is 8.24. The molecule has 126 valence electrons. The second-order valence-electron chi connectivity index (χ2n) is 5.87. The molecular formula is C17H19ClN4O2. The number of hydrogen-bond acceptors (Lipinski definition) is 3. The maximum Gasteiger partial charge on any atom is 0.229 e. The number of aromatic nitrogens is 2. The average molecular weight is 347 g/mol. The molecule has 0 saturated carbocycles. The van der Waals surface area contributed by atoms with Gasteiger partial charge in [0.15, 0.2) is 0 Å². The van der Waals surface area contributed by atoms with Crippen LogP contribution in [-0.4, -0.2) is 34.0 Å². The minimum Gasteiger partial charge on any atom is -0.351 e. The summed E-state index contributed by atoms with van der Waals surface area (Å²) in [6.07, 6.45) is 4.25. The number of carbonyl (C=O) groups excluding carboxylic acids is 2. The fourth-order valence-corrected chi connectivity index (χ4v) is 2.96. The van der Waals surface area contributed by atoms with Gasteiger partial charge in [-0.2, -0.15) is 0 Å². The summed E-state index contributed by atoms with van der Waals surface area (Å²) in [7, 11) is 0. The van der Waals surface area contributed by atoms with Gasteiger partial charge in [-0.1, -0.05) is 11.6 Å². The monoisotopic (exact) mass is 346 g/mol. The Balaban J connectivity index is 1.53. The van der Waals surface area contributed by atoms with E-state index in [2.05, 4.69) is 10.3 Å². The smallest absolute Gasteiger partial charge is 0.229 e. The van der Waals surface area contributed by atoms with Gasteiger partial charge in [0.25, 0.3) is 0 Å². The molecule has 1 aromatic heterocycles. The third-order valence-corrected chi connectivity index (χ3v) is 4.38. The Bertz CT molecular complexity index is 741. The van der Waals surface area contributed by atoms with Crippen molar-refractivity contribution in [3.05, 3.63) is 47.5 Å². The maximum absolute atomic E-state index is 12.2. The molecule has 0 radical (unpaired) electrons. The van der Waals surface area contributed by atoms with Crippen LogP contribution in [0.3, 0.4) is 0 Å². The van der Waals surface area contributed by atoms with Gasteiger partial charge in [-0.3, -0.25) is 9.59 Å². The Hall–Kier alpha value is -2.34. The van der Waals surface area contributed by atoms with E-state index in [0.717, 1.165) is 11.5 Å². The highest BCUT2D eigenvalue weighted by atomic mass is 35.5. The summed E-state index contributed by atoms with van der Waals surface area (Å²) < 4.78 is 1.93. The Labute approximate surface area is 145 Å². The van der Waals surface area contributed by atoms with Crippen molar-refractivity contribution >= 4 is 29.1 Å². The summed E-state index contributed by atoms with van der Waals surface area (Å²) in [5.74, 6) is 0.833. The van der Waals surface area contributed by atoms with E-state index in [-0.39, 0.29) is 17.9 Å². The van der Waals surface area contributed by atoms with Crippen LogP contribution in [0.2, 0.25) is 5.02 Å². The topological polar surface area (TPSA) is 67.2 Å². The predicted octanol–water partition coefficient (Wildman–Crippen LogP) is 2.16. The van der Waals surface area contributed by atoms with Crippen LogP contribution >= 0.6 is 11.6 Å². The molecule has 7 heteroatoms. The van der Waals surface area contributed by atoms with Crippen LogP contribution in [0, 0.1) is 6.92 Å². The number of nitrogens with one attached hydrogen (secondary N) is 1. The Morgan fingerprint density at radius 2 is 2.12 bits per heavy atom. The van der Waals surface area contributed by atoms with Gasteiger partial charge >= 0.3 is 0 Å². The van der Waals surface area contributed by atoms with Crippen molar-refractivity contribution in [3.8, 4) is 0 Å². The van der Waals surface area contributed by atoms with Gasteiger partial charge in [0.2, 0.25) is 11.8 Å². The lowest BCUT2D eigenvalue weighted by atomic mass is 10.2. The minimum atomic E-state index is -0.162. The summed E-state index contributed by atoms with van der Waals surface area (Å²) in [6.45, 7) is 2.97. The number of benzene rings is 1. The number of rotatable bonds is 5. The average Bonchev–Trinajstić information content (AvgIpc) is 3.12. The summed E-state index contributed by atoms with van der Waals surface area (Å²) in [6, 6.07) is 6.97. The van der Waals surface area contributed by atoms with Gasteiger partial charge in [-0.05, 0) is 31.2 Å². The molecule has 1 N–H and O–H groups in total. The first-order chi connectivity index (χ1) is 11.5. The molecule has 0 spiro atoms. The summed E-state index contributed by atoms with van der Waals surface area (Å²) in [4.78, 5) is 30.1. The van der Waals surface area contributed by atoms with Crippen LogP contribution in [0.4, 0.5) is 5.69 Å². The molecule has 3 rings (SSSR count). The fourth-order valence-electron chi connectivity index (χ4n) is 2.84. The molecule has 0 aliphatic carbocycles. The third-order valence-electron chi connectivity index (χ3n) is 4.13. The van der Waals surface area contributed by atoms with Gasteiger partial charge in [-0.25, -0.2) is 4.98 Å². The molecule has 2 aromatic rings. The van der Waals surface area contributed by atoms with Crippen LogP contribution in [0.5, 0.6) is 0 Å². The number of imidazole rings is 1. The van der Waals surface area contributed by atoms with Crippen LogP contribution in [-0.2, 0) is 16.1 Å². The Morgan fingerprint density at radius 3 is 2.79 bits per heavy atom. The molecule has 1 aliphatic heterocycles. The molecular weight excluding hydrogens is 328 g/mol. The molecule has 1 saturated heterocycles.